The number of morpholine rings is 1. The minimum absolute atomic E-state index is 0.439. The molecular formula is C30H51N3O. The normalized spacial score (nSPS) is 25.2. The van der Waals surface area contributed by atoms with Gasteiger partial charge in [0.05, 0.1) is 13.2 Å². The number of piperazine rings is 1. The average molecular weight is 470 g/mol. The maximum Gasteiger partial charge on any atom is 0.0642 e. The Hall–Kier alpha value is -1.26. The Morgan fingerprint density at radius 2 is 1.50 bits per heavy atom. The van der Waals surface area contributed by atoms with E-state index in [4.69, 9.17) is 4.74 Å². The molecule has 2 heterocycles. The second-order valence-corrected chi connectivity index (χ2v) is 12.2. The minimum atomic E-state index is 0.439. The van der Waals surface area contributed by atoms with Crippen LogP contribution >= 0.6 is 0 Å². The summed E-state index contributed by atoms with van der Waals surface area (Å²) in [5.74, 6) is 2.42. The molecule has 3 fully saturated rings. The van der Waals surface area contributed by atoms with Gasteiger partial charge in [-0.1, -0.05) is 47.5 Å². The van der Waals surface area contributed by atoms with Crippen molar-refractivity contribution >= 4 is 11.4 Å². The van der Waals surface area contributed by atoms with E-state index in [1.807, 2.05) is 0 Å². The lowest BCUT2D eigenvalue weighted by atomic mass is 9.68. The van der Waals surface area contributed by atoms with E-state index in [0.717, 1.165) is 38.1 Å². The molecule has 2 aliphatic heterocycles. The summed E-state index contributed by atoms with van der Waals surface area (Å²) in [6, 6.07) is 7.42. The number of ether oxygens (including phenoxy) is 1. The lowest BCUT2D eigenvalue weighted by molar-refractivity contribution is 0.122. The summed E-state index contributed by atoms with van der Waals surface area (Å²) in [6.07, 6.45) is 8.05. The predicted molar refractivity (Wildman–Crippen MR) is 146 cm³/mol. The van der Waals surface area contributed by atoms with Crippen LogP contribution in [0.4, 0.5) is 11.4 Å². The van der Waals surface area contributed by atoms with E-state index in [-0.39, 0.29) is 0 Å². The molecule has 0 amide bonds. The molecule has 1 saturated carbocycles. The number of hydrogen-bond donors (Lipinski definition) is 0. The molecule has 0 N–H and O–H groups in total. The number of rotatable bonds is 7. The van der Waals surface area contributed by atoms with Gasteiger partial charge in [0.1, 0.15) is 0 Å². The first-order valence-corrected chi connectivity index (χ1v) is 14.3. The highest BCUT2D eigenvalue weighted by Gasteiger charge is 2.32. The second kappa shape index (κ2) is 11.6. The van der Waals surface area contributed by atoms with Crippen LogP contribution in [0.2, 0.25) is 0 Å². The highest BCUT2D eigenvalue weighted by molar-refractivity contribution is 5.63. The number of hydrogen-bond acceptors (Lipinski definition) is 4. The maximum absolute atomic E-state index is 5.63. The third kappa shape index (κ3) is 6.29. The van der Waals surface area contributed by atoms with Gasteiger partial charge in [0.15, 0.2) is 0 Å². The largest absolute Gasteiger partial charge is 0.378 e. The smallest absolute Gasteiger partial charge is 0.0642 e. The summed E-state index contributed by atoms with van der Waals surface area (Å²) in [5.41, 5.74) is 5.00. The molecule has 0 aromatic heterocycles. The van der Waals surface area contributed by atoms with Gasteiger partial charge in [0.25, 0.3) is 0 Å². The lowest BCUT2D eigenvalue weighted by Gasteiger charge is -2.41. The molecule has 0 radical (unpaired) electrons. The van der Waals surface area contributed by atoms with Crippen molar-refractivity contribution in [3.63, 3.8) is 0 Å². The monoisotopic (exact) mass is 469 g/mol. The first-order chi connectivity index (χ1) is 16.4. The van der Waals surface area contributed by atoms with Crippen molar-refractivity contribution < 1.29 is 4.74 Å². The first kappa shape index (κ1) is 25.8. The lowest BCUT2D eigenvalue weighted by Crippen LogP contribution is -2.48. The molecular weight excluding hydrogens is 418 g/mol. The highest BCUT2D eigenvalue weighted by atomic mass is 16.5. The van der Waals surface area contributed by atoms with Crippen LogP contribution in [0.15, 0.2) is 18.2 Å². The van der Waals surface area contributed by atoms with Gasteiger partial charge in [-0.2, -0.15) is 0 Å². The quantitative estimate of drug-likeness (QED) is 0.460. The molecule has 3 aliphatic rings. The third-order valence-corrected chi connectivity index (χ3v) is 9.16. The third-order valence-electron chi connectivity index (χ3n) is 9.16. The van der Waals surface area contributed by atoms with Crippen LogP contribution in [0, 0.1) is 17.3 Å². The van der Waals surface area contributed by atoms with Crippen LogP contribution in [0.1, 0.15) is 84.6 Å². The SMILES string of the molecule is CCC(CC)CN1CCN(c2ccc(N3CCOCC3)cc2C2CCC(C(C)(C)C)CC2)CC1. The van der Waals surface area contributed by atoms with Crippen molar-refractivity contribution in [1.82, 2.24) is 4.90 Å². The zero-order chi connectivity index (χ0) is 24.1. The van der Waals surface area contributed by atoms with Crippen LogP contribution in [0.3, 0.4) is 0 Å². The van der Waals surface area contributed by atoms with E-state index in [9.17, 15) is 0 Å². The molecule has 0 unspecified atom stereocenters. The predicted octanol–water partition coefficient (Wildman–Crippen LogP) is 6.40. The Morgan fingerprint density at radius 1 is 0.853 bits per heavy atom. The van der Waals surface area contributed by atoms with Gasteiger partial charge in [-0.05, 0) is 72.6 Å². The second-order valence-electron chi connectivity index (χ2n) is 12.2. The zero-order valence-corrected chi connectivity index (χ0v) is 22.8. The van der Waals surface area contributed by atoms with Crippen LogP contribution < -0.4 is 9.80 Å². The summed E-state index contributed by atoms with van der Waals surface area (Å²) in [4.78, 5) is 7.95. The molecule has 0 bridgehead atoms. The molecule has 4 rings (SSSR count). The van der Waals surface area contributed by atoms with Crippen molar-refractivity contribution in [2.24, 2.45) is 17.3 Å². The van der Waals surface area contributed by atoms with E-state index in [2.05, 4.69) is 67.5 Å². The summed E-state index contributed by atoms with van der Waals surface area (Å²) in [5, 5.41) is 0. The fourth-order valence-corrected chi connectivity index (χ4v) is 6.53. The molecule has 192 valence electrons. The zero-order valence-electron chi connectivity index (χ0n) is 22.8. The Labute approximate surface area is 210 Å². The van der Waals surface area contributed by atoms with Crippen LogP contribution in [-0.4, -0.2) is 63.9 Å². The number of anilines is 2. The number of nitrogens with zero attached hydrogens (tertiary/aromatic N) is 3. The van der Waals surface area contributed by atoms with Crippen molar-refractivity contribution in [3.8, 4) is 0 Å². The summed E-state index contributed by atoms with van der Waals surface area (Å²) >= 11 is 0. The van der Waals surface area contributed by atoms with Crippen LogP contribution in [-0.2, 0) is 4.74 Å². The topological polar surface area (TPSA) is 19.0 Å². The Kier molecular flexibility index (Phi) is 8.85. The summed E-state index contributed by atoms with van der Waals surface area (Å²) in [6.45, 7) is 21.8. The molecule has 0 atom stereocenters. The molecule has 34 heavy (non-hydrogen) atoms. The molecule has 4 nitrogen and oxygen atoms in total. The van der Waals surface area contributed by atoms with Gasteiger partial charge in [-0.3, -0.25) is 4.90 Å². The van der Waals surface area contributed by atoms with E-state index < -0.39 is 0 Å². The molecule has 1 aromatic carbocycles. The van der Waals surface area contributed by atoms with E-state index >= 15 is 0 Å². The maximum atomic E-state index is 5.63. The van der Waals surface area contributed by atoms with Crippen molar-refractivity contribution in [2.75, 3.05) is 68.8 Å². The fraction of sp³-hybridized carbons (Fsp3) is 0.800. The fourth-order valence-electron chi connectivity index (χ4n) is 6.53. The summed E-state index contributed by atoms with van der Waals surface area (Å²) < 4.78 is 5.63. The van der Waals surface area contributed by atoms with Gasteiger partial charge in [-0.25, -0.2) is 0 Å². The molecule has 4 heteroatoms. The van der Waals surface area contributed by atoms with Gasteiger partial charge in [-0.15, -0.1) is 0 Å². The van der Waals surface area contributed by atoms with Gasteiger partial charge in [0, 0.05) is 57.2 Å². The molecule has 0 spiro atoms. The molecule has 1 aliphatic carbocycles. The highest BCUT2D eigenvalue weighted by Crippen LogP contribution is 2.46. The van der Waals surface area contributed by atoms with Crippen LogP contribution in [0.5, 0.6) is 0 Å². The molecule has 2 saturated heterocycles. The van der Waals surface area contributed by atoms with Gasteiger partial charge >= 0.3 is 0 Å². The van der Waals surface area contributed by atoms with Crippen molar-refractivity contribution in [2.45, 2.75) is 79.1 Å². The van der Waals surface area contributed by atoms with E-state index in [1.165, 1.54) is 82.6 Å². The van der Waals surface area contributed by atoms with E-state index in [0.29, 0.717) is 11.3 Å². The Bertz CT molecular complexity index is 747. The standard InChI is InChI=1S/C30H51N3O/c1-6-24(7-2)23-31-14-16-33(17-15-31)29-13-12-27(32-18-20-34-21-19-32)22-28(29)25-8-10-26(11-9-25)30(3,4)5/h12-13,22,24-26H,6-11,14-21,23H2,1-5H3. The number of benzene rings is 1. The van der Waals surface area contributed by atoms with Crippen molar-refractivity contribution in [1.29, 1.82) is 0 Å². The average Bonchev–Trinajstić information content (AvgIpc) is 2.87. The first-order valence-electron chi connectivity index (χ1n) is 14.3. The van der Waals surface area contributed by atoms with E-state index in [1.54, 1.807) is 5.56 Å². The summed E-state index contributed by atoms with van der Waals surface area (Å²) in [7, 11) is 0. The Morgan fingerprint density at radius 3 is 2.09 bits per heavy atom. The minimum Gasteiger partial charge on any atom is -0.378 e. The van der Waals surface area contributed by atoms with Gasteiger partial charge < -0.3 is 14.5 Å². The van der Waals surface area contributed by atoms with Crippen LogP contribution in [0.25, 0.3) is 0 Å². The molecule has 1 aromatic rings. The van der Waals surface area contributed by atoms with Gasteiger partial charge in [0.2, 0.25) is 0 Å². The van der Waals surface area contributed by atoms with Crippen molar-refractivity contribution in [3.05, 3.63) is 23.8 Å². The Balaban J connectivity index is 1.50.